The summed E-state index contributed by atoms with van der Waals surface area (Å²) in [5.74, 6) is 0.628. The van der Waals surface area contributed by atoms with Crippen LogP contribution in [0.5, 0.6) is 0 Å². The van der Waals surface area contributed by atoms with E-state index in [1.807, 2.05) is 6.92 Å². The van der Waals surface area contributed by atoms with Crippen LogP contribution in [0.25, 0.3) is 0 Å². The van der Waals surface area contributed by atoms with Crippen molar-refractivity contribution in [3.8, 4) is 0 Å². The van der Waals surface area contributed by atoms with Gasteiger partial charge in [-0.2, -0.15) is 11.3 Å². The highest BCUT2D eigenvalue weighted by atomic mass is 32.1. The lowest BCUT2D eigenvalue weighted by molar-refractivity contribution is -0.126. The number of carbonyl (C=O) groups is 1. The van der Waals surface area contributed by atoms with Crippen LogP contribution in [-0.2, 0) is 4.79 Å². The molecule has 1 aliphatic heterocycles. The highest BCUT2D eigenvalue weighted by molar-refractivity contribution is 7.07. The highest BCUT2D eigenvalue weighted by Gasteiger charge is 2.26. The molecule has 0 bridgehead atoms. The molecule has 0 aromatic carbocycles. The minimum absolute atomic E-state index is 0.208. The topological polar surface area (TPSA) is 20.3 Å². The molecular formula is C12H17NOS. The Morgan fingerprint density at radius 3 is 3.00 bits per heavy atom. The molecule has 82 valence electrons. The van der Waals surface area contributed by atoms with E-state index in [2.05, 4.69) is 28.7 Å². The Bertz CT molecular complexity index is 333. The second kappa shape index (κ2) is 4.45. The van der Waals surface area contributed by atoms with Crippen LogP contribution in [-0.4, -0.2) is 23.8 Å². The van der Waals surface area contributed by atoms with E-state index in [1.54, 1.807) is 11.3 Å². The molecule has 1 aliphatic rings. The first-order valence-corrected chi connectivity index (χ1v) is 6.41. The van der Waals surface area contributed by atoms with Gasteiger partial charge in [-0.1, -0.05) is 6.92 Å². The minimum atomic E-state index is 0.208. The van der Waals surface area contributed by atoms with Crippen LogP contribution in [0.15, 0.2) is 16.8 Å². The first kappa shape index (κ1) is 10.8. The number of rotatable bonds is 2. The van der Waals surface area contributed by atoms with Crippen molar-refractivity contribution in [2.45, 2.75) is 26.3 Å². The van der Waals surface area contributed by atoms with Crippen LogP contribution < -0.4 is 0 Å². The van der Waals surface area contributed by atoms with E-state index in [1.165, 1.54) is 5.56 Å². The van der Waals surface area contributed by atoms with Gasteiger partial charge in [-0.15, -0.1) is 0 Å². The van der Waals surface area contributed by atoms with Crippen LogP contribution in [0, 0.1) is 5.92 Å². The van der Waals surface area contributed by atoms with Gasteiger partial charge in [-0.05, 0) is 29.3 Å². The van der Waals surface area contributed by atoms with E-state index in [0.717, 1.165) is 19.5 Å². The number of carbonyl (C=O) groups excluding carboxylic acids is 1. The van der Waals surface area contributed by atoms with E-state index in [0.29, 0.717) is 11.8 Å². The average molecular weight is 223 g/mol. The number of thiophene rings is 1. The van der Waals surface area contributed by atoms with Gasteiger partial charge in [0.25, 0.3) is 0 Å². The first-order valence-electron chi connectivity index (χ1n) is 5.47. The highest BCUT2D eigenvalue weighted by Crippen LogP contribution is 2.26. The van der Waals surface area contributed by atoms with Crippen LogP contribution in [0.1, 0.15) is 31.9 Å². The normalized spacial score (nSPS) is 25.5. The number of Topliss-reactive ketones (excluding diaryl/α,β-unsaturated/α-hetero) is 1. The molecule has 2 rings (SSSR count). The molecule has 0 N–H and O–H groups in total. The molecule has 1 aromatic heterocycles. The monoisotopic (exact) mass is 223 g/mol. The molecule has 2 heterocycles. The quantitative estimate of drug-likeness (QED) is 0.768. The zero-order valence-electron chi connectivity index (χ0n) is 9.27. The molecule has 1 fully saturated rings. The lowest BCUT2D eigenvalue weighted by Crippen LogP contribution is -2.40. The van der Waals surface area contributed by atoms with Crippen LogP contribution in [0.3, 0.4) is 0 Å². The van der Waals surface area contributed by atoms with Crippen molar-refractivity contribution in [3.63, 3.8) is 0 Å². The summed E-state index contributed by atoms with van der Waals surface area (Å²) in [6, 6.07) is 2.63. The van der Waals surface area contributed by atoms with Gasteiger partial charge in [-0.25, -0.2) is 0 Å². The molecule has 3 heteroatoms. The summed E-state index contributed by atoms with van der Waals surface area (Å²) < 4.78 is 0. The summed E-state index contributed by atoms with van der Waals surface area (Å²) in [6.45, 7) is 6.09. The molecule has 1 saturated heterocycles. The molecule has 15 heavy (non-hydrogen) atoms. The third-order valence-electron chi connectivity index (χ3n) is 3.28. The average Bonchev–Trinajstić information content (AvgIpc) is 2.74. The maximum absolute atomic E-state index is 11.4. The van der Waals surface area contributed by atoms with Crippen LogP contribution in [0.2, 0.25) is 0 Å². The molecule has 2 nitrogen and oxygen atoms in total. The summed E-state index contributed by atoms with van der Waals surface area (Å²) in [6.07, 6.45) is 0.718. The van der Waals surface area contributed by atoms with E-state index in [4.69, 9.17) is 0 Å². The number of nitrogens with zero attached hydrogens (tertiary/aromatic N) is 1. The molecule has 0 aliphatic carbocycles. The molecule has 2 unspecified atom stereocenters. The zero-order chi connectivity index (χ0) is 10.8. The van der Waals surface area contributed by atoms with Crippen LogP contribution >= 0.6 is 11.3 Å². The summed E-state index contributed by atoms with van der Waals surface area (Å²) in [7, 11) is 0. The summed E-state index contributed by atoms with van der Waals surface area (Å²) in [5, 5.41) is 4.32. The Kier molecular flexibility index (Phi) is 3.22. The fourth-order valence-corrected chi connectivity index (χ4v) is 2.87. The number of hydrogen-bond donors (Lipinski definition) is 0. The van der Waals surface area contributed by atoms with Crippen molar-refractivity contribution in [2.24, 2.45) is 5.92 Å². The third kappa shape index (κ3) is 2.29. The van der Waals surface area contributed by atoms with Crippen molar-refractivity contribution in [1.29, 1.82) is 0 Å². The molecule has 1 aromatic rings. The van der Waals surface area contributed by atoms with Gasteiger partial charge in [-0.3, -0.25) is 9.69 Å². The molecule has 0 spiro atoms. The minimum Gasteiger partial charge on any atom is -0.299 e. The van der Waals surface area contributed by atoms with E-state index in [-0.39, 0.29) is 5.92 Å². The van der Waals surface area contributed by atoms with Gasteiger partial charge in [0.15, 0.2) is 0 Å². The second-order valence-electron chi connectivity index (χ2n) is 4.34. The number of ketones is 1. The smallest absolute Gasteiger partial charge is 0.138 e. The first-order chi connectivity index (χ1) is 7.18. The van der Waals surface area contributed by atoms with Crippen molar-refractivity contribution < 1.29 is 4.79 Å². The standard InChI is InChI=1S/C12H17NOS/c1-9-7-13(5-3-12(9)14)10(2)11-4-6-15-8-11/h4,6,8-10H,3,5,7H2,1-2H3. The summed E-state index contributed by atoms with van der Waals surface area (Å²) in [5.41, 5.74) is 1.38. The lowest BCUT2D eigenvalue weighted by atomic mass is 9.96. The van der Waals surface area contributed by atoms with E-state index >= 15 is 0 Å². The maximum atomic E-state index is 11.4. The molecule has 0 amide bonds. The Labute approximate surface area is 94.9 Å². The van der Waals surface area contributed by atoms with E-state index in [9.17, 15) is 4.79 Å². The van der Waals surface area contributed by atoms with Crippen molar-refractivity contribution >= 4 is 17.1 Å². The van der Waals surface area contributed by atoms with Gasteiger partial charge < -0.3 is 0 Å². The predicted molar refractivity (Wildman–Crippen MR) is 63.1 cm³/mol. The van der Waals surface area contributed by atoms with Gasteiger partial charge >= 0.3 is 0 Å². The SMILES string of the molecule is CC1CN(C(C)c2ccsc2)CCC1=O. The summed E-state index contributed by atoms with van der Waals surface area (Å²) >= 11 is 1.74. The lowest BCUT2D eigenvalue weighted by Gasteiger charge is -2.34. The Morgan fingerprint density at radius 1 is 1.60 bits per heavy atom. The number of piperidine rings is 1. The summed E-state index contributed by atoms with van der Waals surface area (Å²) in [4.78, 5) is 13.8. The van der Waals surface area contributed by atoms with Crippen molar-refractivity contribution in [2.75, 3.05) is 13.1 Å². The van der Waals surface area contributed by atoms with Gasteiger partial charge in [0.2, 0.25) is 0 Å². The zero-order valence-corrected chi connectivity index (χ0v) is 10.1. The predicted octanol–water partition coefficient (Wildman–Crippen LogP) is 2.72. The molecule has 2 atom stereocenters. The maximum Gasteiger partial charge on any atom is 0.138 e. The van der Waals surface area contributed by atoms with Gasteiger partial charge in [0.1, 0.15) is 5.78 Å². The second-order valence-corrected chi connectivity index (χ2v) is 5.12. The fourth-order valence-electron chi connectivity index (χ4n) is 2.12. The Hall–Kier alpha value is -0.670. The largest absolute Gasteiger partial charge is 0.299 e. The van der Waals surface area contributed by atoms with Crippen molar-refractivity contribution in [3.05, 3.63) is 22.4 Å². The number of likely N-dealkylation sites (tertiary alicyclic amines) is 1. The van der Waals surface area contributed by atoms with Crippen molar-refractivity contribution in [1.82, 2.24) is 4.90 Å². The van der Waals surface area contributed by atoms with Crippen LogP contribution in [0.4, 0.5) is 0 Å². The fraction of sp³-hybridized carbons (Fsp3) is 0.583. The number of hydrogen-bond acceptors (Lipinski definition) is 3. The molecule has 0 radical (unpaired) electrons. The molecule has 0 saturated carbocycles. The van der Waals surface area contributed by atoms with E-state index < -0.39 is 0 Å². The molecular weight excluding hydrogens is 206 g/mol. The Balaban J connectivity index is 2.03. The third-order valence-corrected chi connectivity index (χ3v) is 3.98. The van der Waals surface area contributed by atoms with Gasteiger partial charge in [0.05, 0.1) is 0 Å². The van der Waals surface area contributed by atoms with Gasteiger partial charge in [0, 0.05) is 31.5 Å². The Morgan fingerprint density at radius 2 is 2.40 bits per heavy atom.